The molecule has 1 fully saturated rings. The normalized spacial score (nSPS) is 16.1. The molecule has 0 atom stereocenters. The molecule has 3 nitrogen and oxygen atoms in total. The molecule has 0 aromatic rings. The molecule has 0 radical (unpaired) electrons. The topological polar surface area (TPSA) is 37.4 Å². The van der Waals surface area contributed by atoms with Crippen LogP contribution in [-0.4, -0.2) is 24.6 Å². The van der Waals surface area contributed by atoms with E-state index in [1.165, 1.54) is 19.4 Å². The molecule has 0 bridgehead atoms. The van der Waals surface area contributed by atoms with Crippen molar-refractivity contribution < 1.29 is 39.1 Å². The maximum absolute atomic E-state index is 8.12. The quantitative estimate of drug-likeness (QED) is 0.279. The van der Waals surface area contributed by atoms with Crippen molar-refractivity contribution in [2.24, 2.45) is 0 Å². The minimum absolute atomic E-state index is 0. The van der Waals surface area contributed by atoms with Crippen LogP contribution >= 0.6 is 0 Å². The average Bonchev–Trinajstić information content (AvgIpc) is 2.20. The second-order valence-corrected chi connectivity index (χ2v) is 1.89. The first-order valence-electron chi connectivity index (χ1n) is 2.84. The SMILES string of the molecule is CN1[CH-]CCC1.O=C=O.[Na+]. The van der Waals surface area contributed by atoms with Gasteiger partial charge in [-0.3, -0.25) is 6.54 Å². The summed E-state index contributed by atoms with van der Waals surface area (Å²) in [4.78, 5) is 18.5. The van der Waals surface area contributed by atoms with Crippen LogP contribution in [0.25, 0.3) is 0 Å². The molecule has 10 heavy (non-hydrogen) atoms. The Balaban J connectivity index is 0. The van der Waals surface area contributed by atoms with Gasteiger partial charge in [0.15, 0.2) is 0 Å². The first-order valence-corrected chi connectivity index (χ1v) is 2.84. The Kier molecular flexibility index (Phi) is 12.1. The molecule has 0 spiro atoms. The van der Waals surface area contributed by atoms with Crippen molar-refractivity contribution in [3.05, 3.63) is 6.54 Å². The van der Waals surface area contributed by atoms with E-state index in [9.17, 15) is 0 Å². The summed E-state index contributed by atoms with van der Waals surface area (Å²) in [5.41, 5.74) is 0. The van der Waals surface area contributed by atoms with Gasteiger partial charge < -0.3 is 4.90 Å². The Morgan fingerprint density at radius 3 is 2.10 bits per heavy atom. The van der Waals surface area contributed by atoms with Crippen LogP contribution in [0.1, 0.15) is 12.8 Å². The first-order chi connectivity index (χ1) is 4.31. The Bertz CT molecular complexity index is 95.9. The van der Waals surface area contributed by atoms with Gasteiger partial charge in [0.1, 0.15) is 0 Å². The molecule has 4 heteroatoms. The van der Waals surface area contributed by atoms with E-state index in [0.717, 1.165) is 0 Å². The molecule has 0 N–H and O–H groups in total. The van der Waals surface area contributed by atoms with Gasteiger partial charge in [0.25, 0.3) is 0 Å². The predicted molar refractivity (Wildman–Crippen MR) is 31.2 cm³/mol. The third-order valence-corrected chi connectivity index (χ3v) is 1.16. The largest absolute Gasteiger partial charge is 1.00 e. The molecule has 0 aromatic carbocycles. The van der Waals surface area contributed by atoms with E-state index in [1.807, 2.05) is 0 Å². The number of likely N-dealkylation sites (tertiary alicyclic amines) is 1. The molecule has 1 saturated heterocycles. The zero-order chi connectivity index (χ0) is 7.11. The Morgan fingerprint density at radius 1 is 1.50 bits per heavy atom. The standard InChI is InChI=1S/C5H10N.CO2.Na/c1-6-4-2-3-5-6;2-1-3;/h4H,2-3,5H2,1H3;;/q-1;;+1. The molecule has 52 valence electrons. The van der Waals surface area contributed by atoms with Crippen molar-refractivity contribution in [2.75, 3.05) is 13.6 Å². The minimum atomic E-state index is 0. The summed E-state index contributed by atoms with van der Waals surface area (Å²) in [6.45, 7) is 3.50. The second-order valence-electron chi connectivity index (χ2n) is 1.89. The summed E-state index contributed by atoms with van der Waals surface area (Å²) in [6, 6.07) is 0. The molecular weight excluding hydrogens is 141 g/mol. The van der Waals surface area contributed by atoms with Gasteiger partial charge >= 0.3 is 35.7 Å². The molecule has 1 rings (SSSR count). The fourth-order valence-corrected chi connectivity index (χ4v) is 0.744. The molecule has 1 heterocycles. The summed E-state index contributed by atoms with van der Waals surface area (Å²) in [5.74, 6) is 0. The van der Waals surface area contributed by atoms with Crippen molar-refractivity contribution >= 4 is 6.15 Å². The first kappa shape index (κ1) is 13.0. The van der Waals surface area contributed by atoms with Gasteiger partial charge in [-0.1, -0.05) is 6.42 Å². The minimum Gasteiger partial charge on any atom is -0.459 e. The van der Waals surface area contributed by atoms with Crippen molar-refractivity contribution in [2.45, 2.75) is 12.8 Å². The van der Waals surface area contributed by atoms with E-state index >= 15 is 0 Å². The zero-order valence-electron chi connectivity index (χ0n) is 6.46. The van der Waals surface area contributed by atoms with Crippen molar-refractivity contribution in [3.63, 3.8) is 0 Å². The van der Waals surface area contributed by atoms with Gasteiger partial charge in [-0.25, -0.2) is 0 Å². The maximum atomic E-state index is 8.12. The third kappa shape index (κ3) is 8.34. The van der Waals surface area contributed by atoms with Crippen molar-refractivity contribution in [1.82, 2.24) is 4.90 Å². The van der Waals surface area contributed by atoms with E-state index in [2.05, 4.69) is 18.5 Å². The number of hydrogen-bond acceptors (Lipinski definition) is 3. The molecule has 0 saturated carbocycles. The van der Waals surface area contributed by atoms with Crippen LogP contribution in [0.3, 0.4) is 0 Å². The van der Waals surface area contributed by atoms with Crippen LogP contribution in [-0.2, 0) is 9.59 Å². The third-order valence-electron chi connectivity index (χ3n) is 1.16. The molecule has 0 unspecified atom stereocenters. The van der Waals surface area contributed by atoms with Gasteiger partial charge in [-0.2, -0.15) is 16.0 Å². The summed E-state index contributed by atoms with van der Waals surface area (Å²) < 4.78 is 0. The Labute approximate surface area is 83.1 Å². The molecule has 0 aliphatic carbocycles. The zero-order valence-corrected chi connectivity index (χ0v) is 8.46. The monoisotopic (exact) mass is 151 g/mol. The Hall–Kier alpha value is 0.340. The van der Waals surface area contributed by atoms with Crippen LogP contribution in [0.5, 0.6) is 0 Å². The van der Waals surface area contributed by atoms with E-state index in [1.54, 1.807) is 0 Å². The molecule has 1 aliphatic heterocycles. The van der Waals surface area contributed by atoms with Crippen LogP contribution in [0.2, 0.25) is 0 Å². The van der Waals surface area contributed by atoms with Crippen LogP contribution < -0.4 is 29.6 Å². The molecule has 0 amide bonds. The fraction of sp³-hybridized carbons (Fsp3) is 0.667. The summed E-state index contributed by atoms with van der Waals surface area (Å²) in [7, 11) is 2.12. The van der Waals surface area contributed by atoms with Crippen molar-refractivity contribution in [3.8, 4) is 0 Å². The number of carbonyl (C=O) groups excluding carboxylic acids is 2. The van der Waals surface area contributed by atoms with Gasteiger partial charge in [0.05, 0.1) is 0 Å². The van der Waals surface area contributed by atoms with Crippen LogP contribution in [0.4, 0.5) is 0 Å². The van der Waals surface area contributed by atoms with E-state index < -0.39 is 0 Å². The fourth-order valence-electron chi connectivity index (χ4n) is 0.744. The predicted octanol–water partition coefficient (Wildman–Crippen LogP) is -2.71. The Morgan fingerprint density at radius 2 is 2.00 bits per heavy atom. The molecular formula is C6H10NNaO2. The van der Waals surface area contributed by atoms with Crippen LogP contribution in [0, 0.1) is 6.54 Å². The maximum Gasteiger partial charge on any atom is 1.00 e. The summed E-state index contributed by atoms with van der Waals surface area (Å²) in [5, 5.41) is 0. The van der Waals surface area contributed by atoms with E-state index in [-0.39, 0.29) is 35.7 Å². The molecule has 1 aliphatic rings. The number of nitrogens with zero attached hydrogens (tertiary/aromatic N) is 1. The van der Waals surface area contributed by atoms with Crippen LogP contribution in [0.15, 0.2) is 0 Å². The van der Waals surface area contributed by atoms with E-state index in [0.29, 0.717) is 0 Å². The second kappa shape index (κ2) is 9.34. The van der Waals surface area contributed by atoms with Gasteiger partial charge in [0, 0.05) is 0 Å². The van der Waals surface area contributed by atoms with Crippen molar-refractivity contribution in [1.29, 1.82) is 0 Å². The smallest absolute Gasteiger partial charge is 0.459 e. The van der Waals surface area contributed by atoms with E-state index in [4.69, 9.17) is 9.59 Å². The average molecular weight is 151 g/mol. The van der Waals surface area contributed by atoms with Gasteiger partial charge in [-0.05, 0) is 13.6 Å². The number of rotatable bonds is 0. The number of hydrogen-bond donors (Lipinski definition) is 0. The van der Waals surface area contributed by atoms with Gasteiger partial charge in [0.2, 0.25) is 0 Å². The molecule has 0 aromatic heterocycles. The summed E-state index contributed by atoms with van der Waals surface area (Å²) in [6.07, 6.45) is 2.90. The summed E-state index contributed by atoms with van der Waals surface area (Å²) >= 11 is 0. The van der Waals surface area contributed by atoms with Gasteiger partial charge in [-0.15, -0.1) is 0 Å².